The summed E-state index contributed by atoms with van der Waals surface area (Å²) in [6.45, 7) is 1.15. The molecule has 2 aromatic heterocycles. The first-order chi connectivity index (χ1) is 14.5. The number of carbonyl (C=O) groups excluding carboxylic acids is 3. The molecule has 0 aliphatic carbocycles. The Bertz CT molecular complexity index is 1050. The molecule has 0 saturated carbocycles. The van der Waals surface area contributed by atoms with Gasteiger partial charge in [-0.3, -0.25) is 14.4 Å². The summed E-state index contributed by atoms with van der Waals surface area (Å²) in [5.41, 5.74) is 1.16. The van der Waals surface area contributed by atoms with Gasteiger partial charge in [-0.15, -0.1) is 11.3 Å². The first-order valence-corrected chi connectivity index (χ1v) is 10.7. The largest absolute Gasteiger partial charge is 0.338 e. The summed E-state index contributed by atoms with van der Waals surface area (Å²) in [5, 5.41) is 4.81. The van der Waals surface area contributed by atoms with Crippen LogP contribution in [0.4, 0.5) is 5.69 Å². The molecule has 154 valence electrons. The van der Waals surface area contributed by atoms with Crippen molar-refractivity contribution in [2.45, 2.75) is 12.8 Å². The summed E-state index contributed by atoms with van der Waals surface area (Å²) < 4.78 is 1.67. The van der Waals surface area contributed by atoms with Gasteiger partial charge >= 0.3 is 0 Å². The Morgan fingerprint density at radius 1 is 1.10 bits per heavy atom. The number of likely N-dealkylation sites (tertiary alicyclic amines) is 1. The predicted molar refractivity (Wildman–Crippen MR) is 115 cm³/mol. The number of rotatable bonds is 5. The van der Waals surface area contributed by atoms with Crippen LogP contribution in [0.15, 0.2) is 54.2 Å². The number of imidazole rings is 1. The Balaban J connectivity index is 1.32. The summed E-state index contributed by atoms with van der Waals surface area (Å²) in [4.78, 5) is 44.2. The van der Waals surface area contributed by atoms with Crippen LogP contribution >= 0.6 is 11.3 Å². The zero-order valence-corrected chi connectivity index (χ0v) is 17.4. The zero-order valence-electron chi connectivity index (χ0n) is 16.6. The van der Waals surface area contributed by atoms with Crippen molar-refractivity contribution in [2.75, 3.05) is 18.4 Å². The lowest BCUT2D eigenvalue weighted by atomic mass is 9.95. The first kappa shape index (κ1) is 20.0. The van der Waals surface area contributed by atoms with Gasteiger partial charge in [-0.05, 0) is 48.6 Å². The fourth-order valence-corrected chi connectivity index (χ4v) is 4.25. The number of aromatic nitrogens is 2. The standard InChI is InChI=1S/C22H22N4O3S/c1-25-13-10-23-20(25)19(27)15-4-6-17(7-5-15)24-21(28)16-8-11-26(12-9-16)22(29)18-3-2-14-30-18/h2-7,10,13-14,16H,8-9,11-12H2,1H3,(H,24,28). The molecule has 2 amide bonds. The molecule has 3 aromatic rings. The van der Waals surface area contributed by atoms with E-state index >= 15 is 0 Å². The smallest absolute Gasteiger partial charge is 0.263 e. The highest BCUT2D eigenvalue weighted by Gasteiger charge is 2.28. The molecule has 1 aliphatic rings. The van der Waals surface area contributed by atoms with Crippen LogP contribution in [0.3, 0.4) is 0 Å². The fourth-order valence-electron chi connectivity index (χ4n) is 3.56. The number of aryl methyl sites for hydroxylation is 1. The van der Waals surface area contributed by atoms with E-state index in [1.807, 2.05) is 22.4 Å². The number of hydrogen-bond donors (Lipinski definition) is 1. The summed E-state index contributed by atoms with van der Waals surface area (Å²) in [7, 11) is 1.77. The van der Waals surface area contributed by atoms with Crippen molar-refractivity contribution in [3.05, 3.63) is 70.4 Å². The summed E-state index contributed by atoms with van der Waals surface area (Å²) >= 11 is 1.44. The van der Waals surface area contributed by atoms with Crippen LogP contribution in [-0.4, -0.2) is 45.1 Å². The number of thiophene rings is 1. The lowest BCUT2D eigenvalue weighted by Gasteiger charge is -2.31. The zero-order chi connectivity index (χ0) is 21.1. The summed E-state index contributed by atoms with van der Waals surface area (Å²) in [5.74, 6) is 0.0586. The van der Waals surface area contributed by atoms with E-state index in [2.05, 4.69) is 10.3 Å². The molecule has 0 bridgehead atoms. The molecule has 0 atom stereocenters. The van der Waals surface area contributed by atoms with Crippen LogP contribution in [0.2, 0.25) is 0 Å². The number of anilines is 1. The Morgan fingerprint density at radius 2 is 1.83 bits per heavy atom. The molecule has 3 heterocycles. The monoisotopic (exact) mass is 422 g/mol. The molecule has 30 heavy (non-hydrogen) atoms. The normalized spacial score (nSPS) is 14.5. The molecule has 1 N–H and O–H groups in total. The molecule has 8 heteroatoms. The van der Waals surface area contributed by atoms with Crippen molar-refractivity contribution in [1.29, 1.82) is 0 Å². The molecule has 1 aliphatic heterocycles. The second-order valence-electron chi connectivity index (χ2n) is 7.30. The highest BCUT2D eigenvalue weighted by atomic mass is 32.1. The maximum absolute atomic E-state index is 12.6. The van der Waals surface area contributed by atoms with E-state index < -0.39 is 0 Å². The van der Waals surface area contributed by atoms with Crippen molar-refractivity contribution < 1.29 is 14.4 Å². The SMILES string of the molecule is Cn1ccnc1C(=O)c1ccc(NC(=O)C2CCN(C(=O)c3cccs3)CC2)cc1. The third-order valence-corrected chi connectivity index (χ3v) is 6.18. The minimum Gasteiger partial charge on any atom is -0.338 e. The minimum absolute atomic E-state index is 0.0387. The maximum atomic E-state index is 12.6. The fraction of sp³-hybridized carbons (Fsp3) is 0.273. The topological polar surface area (TPSA) is 84.3 Å². The Kier molecular flexibility index (Phi) is 5.76. The average molecular weight is 423 g/mol. The Hall–Kier alpha value is -3.26. The van der Waals surface area contributed by atoms with Gasteiger partial charge in [-0.1, -0.05) is 6.07 Å². The molecule has 0 unspecified atom stereocenters. The van der Waals surface area contributed by atoms with Crippen molar-refractivity contribution in [1.82, 2.24) is 14.5 Å². The Morgan fingerprint density at radius 3 is 2.43 bits per heavy atom. The molecule has 1 saturated heterocycles. The van der Waals surface area contributed by atoms with E-state index in [-0.39, 0.29) is 23.5 Å². The number of amides is 2. The third kappa shape index (κ3) is 4.18. The molecule has 1 fully saturated rings. The second kappa shape index (κ2) is 8.62. The summed E-state index contributed by atoms with van der Waals surface area (Å²) in [6.07, 6.45) is 4.58. The van der Waals surface area contributed by atoms with Gasteiger partial charge in [0.2, 0.25) is 11.7 Å². The van der Waals surface area contributed by atoms with Crippen LogP contribution in [0.25, 0.3) is 0 Å². The number of nitrogens with zero attached hydrogens (tertiary/aromatic N) is 3. The molecular weight excluding hydrogens is 400 g/mol. The molecule has 7 nitrogen and oxygen atoms in total. The van der Waals surface area contributed by atoms with Crippen molar-refractivity contribution in [2.24, 2.45) is 13.0 Å². The van der Waals surface area contributed by atoms with Gasteiger partial charge in [0.15, 0.2) is 5.82 Å². The van der Waals surface area contributed by atoms with Crippen LogP contribution in [0.5, 0.6) is 0 Å². The number of hydrogen-bond acceptors (Lipinski definition) is 5. The van der Waals surface area contributed by atoms with Gasteiger partial charge in [-0.25, -0.2) is 4.98 Å². The molecule has 0 radical (unpaired) electrons. The quantitative estimate of drug-likeness (QED) is 0.640. The number of nitrogens with one attached hydrogen (secondary N) is 1. The minimum atomic E-state index is -0.164. The molecule has 4 rings (SSSR count). The number of carbonyl (C=O) groups is 3. The van der Waals surface area contributed by atoms with E-state index in [1.54, 1.807) is 48.3 Å². The number of piperidine rings is 1. The van der Waals surface area contributed by atoms with Crippen LogP contribution in [0, 0.1) is 5.92 Å². The van der Waals surface area contributed by atoms with E-state index in [9.17, 15) is 14.4 Å². The highest BCUT2D eigenvalue weighted by molar-refractivity contribution is 7.12. The highest BCUT2D eigenvalue weighted by Crippen LogP contribution is 2.22. The molecular formula is C22H22N4O3S. The molecule has 1 aromatic carbocycles. The van der Waals surface area contributed by atoms with Gasteiger partial charge < -0.3 is 14.8 Å². The maximum Gasteiger partial charge on any atom is 0.263 e. The van der Waals surface area contributed by atoms with Gasteiger partial charge in [0.25, 0.3) is 5.91 Å². The van der Waals surface area contributed by atoms with E-state index in [0.717, 1.165) is 4.88 Å². The van der Waals surface area contributed by atoms with E-state index in [4.69, 9.17) is 0 Å². The van der Waals surface area contributed by atoms with Gasteiger partial charge in [0.1, 0.15) is 0 Å². The first-order valence-electron chi connectivity index (χ1n) is 9.78. The van der Waals surface area contributed by atoms with Gasteiger partial charge in [0, 0.05) is 49.7 Å². The van der Waals surface area contributed by atoms with Crippen molar-refractivity contribution >= 4 is 34.6 Å². The lowest BCUT2D eigenvalue weighted by Crippen LogP contribution is -2.41. The van der Waals surface area contributed by atoms with Crippen LogP contribution in [-0.2, 0) is 11.8 Å². The Labute approximate surface area is 178 Å². The number of benzene rings is 1. The third-order valence-electron chi connectivity index (χ3n) is 5.32. The molecule has 0 spiro atoms. The second-order valence-corrected chi connectivity index (χ2v) is 8.25. The van der Waals surface area contributed by atoms with E-state index in [0.29, 0.717) is 43.0 Å². The van der Waals surface area contributed by atoms with Gasteiger partial charge in [0.05, 0.1) is 4.88 Å². The van der Waals surface area contributed by atoms with Crippen molar-refractivity contribution in [3.63, 3.8) is 0 Å². The predicted octanol–water partition coefficient (Wildman–Crippen LogP) is 3.20. The summed E-state index contributed by atoms with van der Waals surface area (Å²) in [6, 6.07) is 10.5. The van der Waals surface area contributed by atoms with Crippen LogP contribution < -0.4 is 5.32 Å². The van der Waals surface area contributed by atoms with Crippen LogP contribution in [0.1, 0.15) is 38.7 Å². The average Bonchev–Trinajstić information content (AvgIpc) is 3.45. The van der Waals surface area contributed by atoms with Gasteiger partial charge in [-0.2, -0.15) is 0 Å². The number of ketones is 1. The van der Waals surface area contributed by atoms with Crippen molar-refractivity contribution in [3.8, 4) is 0 Å². The van der Waals surface area contributed by atoms with E-state index in [1.165, 1.54) is 11.3 Å². The lowest BCUT2D eigenvalue weighted by molar-refractivity contribution is -0.121.